The SMILES string of the molecule is O=C(CCCCCCCl)C(F)F. The molecule has 0 atom stereocenters. The summed E-state index contributed by atoms with van der Waals surface area (Å²) >= 11 is 5.41. The molecule has 1 nitrogen and oxygen atoms in total. The van der Waals surface area contributed by atoms with Crippen LogP contribution in [0.5, 0.6) is 0 Å². The molecule has 0 spiro atoms. The fourth-order valence-electron chi connectivity index (χ4n) is 0.856. The Labute approximate surface area is 76.1 Å². The molecule has 0 aliphatic rings. The maximum atomic E-state index is 11.6. The summed E-state index contributed by atoms with van der Waals surface area (Å²) < 4.78 is 23.3. The van der Waals surface area contributed by atoms with Gasteiger partial charge in [-0.25, -0.2) is 8.78 Å². The van der Waals surface area contributed by atoms with E-state index < -0.39 is 12.2 Å². The number of Topliss-reactive ketones (excluding diaryl/α,β-unsaturated/α-hetero) is 1. The lowest BCUT2D eigenvalue weighted by atomic mass is 10.1. The molecule has 0 aromatic carbocycles. The van der Waals surface area contributed by atoms with E-state index >= 15 is 0 Å². The zero-order chi connectivity index (χ0) is 9.40. The highest BCUT2D eigenvalue weighted by Crippen LogP contribution is 2.07. The second kappa shape index (κ2) is 7.47. The van der Waals surface area contributed by atoms with Crippen molar-refractivity contribution in [3.05, 3.63) is 0 Å². The van der Waals surface area contributed by atoms with E-state index in [1.54, 1.807) is 0 Å². The third-order valence-electron chi connectivity index (χ3n) is 1.55. The summed E-state index contributed by atoms with van der Waals surface area (Å²) in [7, 11) is 0. The largest absolute Gasteiger partial charge is 0.295 e. The highest BCUT2D eigenvalue weighted by molar-refractivity contribution is 6.17. The van der Waals surface area contributed by atoms with Gasteiger partial charge in [0.05, 0.1) is 0 Å². The Morgan fingerprint density at radius 3 is 2.25 bits per heavy atom. The van der Waals surface area contributed by atoms with Crippen molar-refractivity contribution in [3.63, 3.8) is 0 Å². The predicted octanol–water partition coefficient (Wildman–Crippen LogP) is 3.01. The number of unbranched alkanes of at least 4 members (excludes halogenated alkanes) is 3. The molecule has 0 heterocycles. The summed E-state index contributed by atoms with van der Waals surface area (Å²) in [6.07, 6.45) is 0.383. The summed E-state index contributed by atoms with van der Waals surface area (Å²) in [5.41, 5.74) is 0. The molecule has 0 aromatic rings. The standard InChI is InChI=1S/C8H13ClF2O/c9-6-4-2-1-3-5-7(12)8(10)11/h8H,1-6H2. The quantitative estimate of drug-likeness (QED) is 0.454. The molecular formula is C8H13ClF2O. The number of halogens is 3. The molecule has 72 valence electrons. The molecule has 0 unspecified atom stereocenters. The Kier molecular flexibility index (Phi) is 7.36. The summed E-state index contributed by atoms with van der Waals surface area (Å²) in [6.45, 7) is 0. The van der Waals surface area contributed by atoms with E-state index in [0.29, 0.717) is 12.3 Å². The number of rotatable bonds is 7. The molecule has 12 heavy (non-hydrogen) atoms. The van der Waals surface area contributed by atoms with E-state index in [9.17, 15) is 13.6 Å². The molecule has 0 fully saturated rings. The van der Waals surface area contributed by atoms with Crippen LogP contribution in [0.3, 0.4) is 0 Å². The van der Waals surface area contributed by atoms with E-state index in [2.05, 4.69) is 0 Å². The zero-order valence-electron chi connectivity index (χ0n) is 6.86. The topological polar surface area (TPSA) is 17.1 Å². The van der Waals surface area contributed by atoms with Crippen molar-refractivity contribution in [2.75, 3.05) is 5.88 Å². The molecule has 0 aliphatic carbocycles. The van der Waals surface area contributed by atoms with Crippen molar-refractivity contribution < 1.29 is 13.6 Å². The molecule has 0 radical (unpaired) electrons. The number of carbonyl (C=O) groups is 1. The zero-order valence-corrected chi connectivity index (χ0v) is 7.62. The minimum atomic E-state index is -2.79. The van der Waals surface area contributed by atoms with Crippen LogP contribution in [0.25, 0.3) is 0 Å². The van der Waals surface area contributed by atoms with E-state index in [1.165, 1.54) is 0 Å². The first-order valence-corrected chi connectivity index (χ1v) is 4.58. The first-order valence-electron chi connectivity index (χ1n) is 4.05. The van der Waals surface area contributed by atoms with Crippen LogP contribution in [0.4, 0.5) is 8.78 Å². The summed E-state index contributed by atoms with van der Waals surface area (Å²) in [6, 6.07) is 0. The average molecular weight is 199 g/mol. The summed E-state index contributed by atoms with van der Waals surface area (Å²) in [4.78, 5) is 10.4. The number of carbonyl (C=O) groups excluding carboxylic acids is 1. The molecule has 0 N–H and O–H groups in total. The Balaban J connectivity index is 3.14. The summed E-state index contributed by atoms with van der Waals surface area (Å²) in [5.74, 6) is -0.344. The Morgan fingerprint density at radius 2 is 1.75 bits per heavy atom. The van der Waals surface area contributed by atoms with Gasteiger partial charge >= 0.3 is 0 Å². The minimum Gasteiger partial charge on any atom is -0.293 e. The molecule has 0 saturated carbocycles. The van der Waals surface area contributed by atoms with Gasteiger partial charge in [-0.15, -0.1) is 11.6 Å². The van der Waals surface area contributed by atoms with Crippen LogP contribution < -0.4 is 0 Å². The molecule has 0 aromatic heterocycles. The Morgan fingerprint density at radius 1 is 1.17 bits per heavy atom. The first-order chi connectivity index (χ1) is 5.68. The Bertz CT molecular complexity index is 128. The number of hydrogen-bond donors (Lipinski definition) is 0. The molecule has 0 saturated heterocycles. The fourth-order valence-corrected chi connectivity index (χ4v) is 1.05. The van der Waals surface area contributed by atoms with Gasteiger partial charge in [-0.2, -0.15) is 0 Å². The molecule has 0 bridgehead atoms. The van der Waals surface area contributed by atoms with Crippen molar-refractivity contribution in [1.82, 2.24) is 0 Å². The normalized spacial score (nSPS) is 10.7. The molecule has 4 heteroatoms. The predicted molar refractivity (Wildman–Crippen MR) is 44.8 cm³/mol. The number of alkyl halides is 3. The van der Waals surface area contributed by atoms with Gasteiger partial charge in [0.2, 0.25) is 0 Å². The van der Waals surface area contributed by atoms with Crippen LogP contribution in [0.1, 0.15) is 32.1 Å². The van der Waals surface area contributed by atoms with Gasteiger partial charge in [0.15, 0.2) is 5.78 Å². The van der Waals surface area contributed by atoms with Crippen LogP contribution >= 0.6 is 11.6 Å². The lowest BCUT2D eigenvalue weighted by Crippen LogP contribution is -2.08. The highest BCUT2D eigenvalue weighted by atomic mass is 35.5. The van der Waals surface area contributed by atoms with Crippen molar-refractivity contribution in [2.24, 2.45) is 0 Å². The molecule has 0 amide bonds. The van der Waals surface area contributed by atoms with E-state index in [0.717, 1.165) is 19.3 Å². The van der Waals surface area contributed by atoms with Gasteiger partial charge in [-0.1, -0.05) is 12.8 Å². The second-order valence-corrected chi connectivity index (χ2v) is 3.00. The van der Waals surface area contributed by atoms with Crippen molar-refractivity contribution in [2.45, 2.75) is 38.5 Å². The van der Waals surface area contributed by atoms with Crippen LogP contribution in [-0.4, -0.2) is 18.1 Å². The molecule has 0 aliphatic heterocycles. The smallest absolute Gasteiger partial charge is 0.293 e. The Hall–Kier alpha value is -0.180. The van der Waals surface area contributed by atoms with Gasteiger partial charge in [0.1, 0.15) is 0 Å². The lowest BCUT2D eigenvalue weighted by Gasteiger charge is -1.98. The van der Waals surface area contributed by atoms with E-state index in [-0.39, 0.29) is 6.42 Å². The van der Waals surface area contributed by atoms with Crippen molar-refractivity contribution in [1.29, 1.82) is 0 Å². The molecule has 0 rings (SSSR count). The highest BCUT2D eigenvalue weighted by Gasteiger charge is 2.13. The van der Waals surface area contributed by atoms with Crippen LogP contribution in [-0.2, 0) is 4.79 Å². The maximum absolute atomic E-state index is 11.6. The van der Waals surface area contributed by atoms with Gasteiger partial charge in [-0.3, -0.25) is 4.79 Å². The van der Waals surface area contributed by atoms with Crippen molar-refractivity contribution in [3.8, 4) is 0 Å². The minimum absolute atomic E-state index is 0.0000472. The number of ketones is 1. The van der Waals surface area contributed by atoms with E-state index in [4.69, 9.17) is 11.6 Å². The fraction of sp³-hybridized carbons (Fsp3) is 0.875. The average Bonchev–Trinajstić information content (AvgIpc) is 2.03. The van der Waals surface area contributed by atoms with E-state index in [1.807, 2.05) is 0 Å². The van der Waals surface area contributed by atoms with Gasteiger partial charge in [-0.05, 0) is 12.8 Å². The molecular weight excluding hydrogens is 186 g/mol. The number of hydrogen-bond acceptors (Lipinski definition) is 1. The third kappa shape index (κ3) is 6.53. The van der Waals surface area contributed by atoms with Crippen molar-refractivity contribution >= 4 is 17.4 Å². The maximum Gasteiger partial charge on any atom is 0.295 e. The van der Waals surface area contributed by atoms with Gasteiger partial charge in [0, 0.05) is 12.3 Å². The van der Waals surface area contributed by atoms with Crippen LogP contribution in [0, 0.1) is 0 Å². The monoisotopic (exact) mass is 198 g/mol. The van der Waals surface area contributed by atoms with Crippen LogP contribution in [0.15, 0.2) is 0 Å². The second-order valence-electron chi connectivity index (χ2n) is 2.62. The van der Waals surface area contributed by atoms with Crippen LogP contribution in [0.2, 0.25) is 0 Å². The lowest BCUT2D eigenvalue weighted by molar-refractivity contribution is -0.129. The summed E-state index contributed by atoms with van der Waals surface area (Å²) in [5, 5.41) is 0. The first kappa shape index (κ1) is 11.8. The van der Waals surface area contributed by atoms with Gasteiger partial charge < -0.3 is 0 Å². The third-order valence-corrected chi connectivity index (χ3v) is 1.82. The van der Waals surface area contributed by atoms with Gasteiger partial charge in [0.25, 0.3) is 6.43 Å².